The monoisotopic (exact) mass is 297 g/mol. The van der Waals surface area contributed by atoms with E-state index in [9.17, 15) is 13.2 Å². The van der Waals surface area contributed by atoms with E-state index in [-0.39, 0.29) is 12.0 Å². The van der Waals surface area contributed by atoms with E-state index in [1.165, 1.54) is 0 Å². The molecule has 2 aromatic heterocycles. The molecule has 3 rings (SSSR count). The maximum Gasteiger partial charge on any atom is 0.433 e. The summed E-state index contributed by atoms with van der Waals surface area (Å²) < 4.78 is 39.8. The molecule has 1 aliphatic heterocycles. The fraction of sp³-hybridized carbons (Fsp3) is 0.462. The van der Waals surface area contributed by atoms with Crippen LogP contribution in [0.4, 0.5) is 19.1 Å². The van der Waals surface area contributed by atoms with Crippen molar-refractivity contribution in [3.8, 4) is 0 Å². The van der Waals surface area contributed by atoms with Crippen molar-refractivity contribution in [2.75, 3.05) is 18.0 Å². The van der Waals surface area contributed by atoms with Gasteiger partial charge in [-0.2, -0.15) is 18.3 Å². The molecule has 21 heavy (non-hydrogen) atoms. The average Bonchev–Trinajstić information content (AvgIpc) is 2.66. The number of aromatic nitrogens is 4. The molecule has 0 unspecified atom stereocenters. The third kappa shape index (κ3) is 2.57. The van der Waals surface area contributed by atoms with Crippen LogP contribution in [-0.4, -0.2) is 32.8 Å². The number of alkyl halides is 3. The van der Waals surface area contributed by atoms with Crippen LogP contribution in [0.1, 0.15) is 23.1 Å². The number of hydrogen-bond acceptors (Lipinski definition) is 4. The lowest BCUT2D eigenvalue weighted by Gasteiger charge is -2.39. The van der Waals surface area contributed by atoms with Crippen LogP contribution in [0.5, 0.6) is 0 Å². The van der Waals surface area contributed by atoms with Crippen molar-refractivity contribution in [3.05, 3.63) is 35.4 Å². The average molecular weight is 297 g/mol. The SMILES string of the molecule is Cc1cc(C)n(C2CN(c3nccc(C(F)(F)F)n3)C2)n1. The summed E-state index contributed by atoms with van der Waals surface area (Å²) in [5, 5.41) is 4.39. The highest BCUT2D eigenvalue weighted by Gasteiger charge is 2.36. The third-order valence-electron chi connectivity index (χ3n) is 3.47. The van der Waals surface area contributed by atoms with Gasteiger partial charge in [-0.05, 0) is 26.0 Å². The summed E-state index contributed by atoms with van der Waals surface area (Å²) in [5.74, 6) is 0.114. The molecule has 0 N–H and O–H groups in total. The molecule has 0 bridgehead atoms. The van der Waals surface area contributed by atoms with E-state index in [0.717, 1.165) is 23.7 Å². The first-order valence-corrected chi connectivity index (χ1v) is 6.52. The van der Waals surface area contributed by atoms with Crippen molar-refractivity contribution in [3.63, 3.8) is 0 Å². The molecular weight excluding hydrogens is 283 g/mol. The van der Waals surface area contributed by atoms with Gasteiger partial charge in [-0.3, -0.25) is 4.68 Å². The van der Waals surface area contributed by atoms with Crippen LogP contribution >= 0.6 is 0 Å². The smallest absolute Gasteiger partial charge is 0.336 e. The van der Waals surface area contributed by atoms with Crippen molar-refractivity contribution in [2.24, 2.45) is 0 Å². The van der Waals surface area contributed by atoms with Gasteiger partial charge in [0.15, 0.2) is 0 Å². The standard InChI is InChI=1S/C13H14F3N5/c1-8-5-9(2)21(19-8)10-6-20(7-10)12-17-4-3-11(18-12)13(14,15)16/h3-5,10H,6-7H2,1-2H3. The molecule has 0 aliphatic carbocycles. The molecule has 112 valence electrons. The van der Waals surface area contributed by atoms with Gasteiger partial charge in [-0.15, -0.1) is 0 Å². The lowest BCUT2D eigenvalue weighted by Crippen LogP contribution is -2.49. The highest BCUT2D eigenvalue weighted by molar-refractivity contribution is 5.36. The topological polar surface area (TPSA) is 46.8 Å². The Bertz CT molecular complexity index is 658. The van der Waals surface area contributed by atoms with Gasteiger partial charge in [-0.25, -0.2) is 9.97 Å². The number of halogens is 3. The van der Waals surface area contributed by atoms with Crippen LogP contribution in [0, 0.1) is 13.8 Å². The Morgan fingerprint density at radius 3 is 2.52 bits per heavy atom. The molecule has 1 fully saturated rings. The lowest BCUT2D eigenvalue weighted by molar-refractivity contribution is -0.141. The molecule has 3 heterocycles. The second kappa shape index (κ2) is 4.71. The summed E-state index contributed by atoms with van der Waals surface area (Å²) >= 11 is 0. The van der Waals surface area contributed by atoms with E-state index in [2.05, 4.69) is 15.1 Å². The molecule has 0 atom stereocenters. The minimum atomic E-state index is -4.45. The molecule has 0 saturated carbocycles. The molecule has 5 nitrogen and oxygen atoms in total. The highest BCUT2D eigenvalue weighted by Crippen LogP contribution is 2.30. The van der Waals surface area contributed by atoms with Crippen LogP contribution in [0.3, 0.4) is 0 Å². The Balaban J connectivity index is 1.73. The van der Waals surface area contributed by atoms with E-state index in [1.807, 2.05) is 24.6 Å². The fourth-order valence-corrected chi connectivity index (χ4v) is 2.45. The summed E-state index contributed by atoms with van der Waals surface area (Å²) in [5.41, 5.74) is 1.06. The summed E-state index contributed by atoms with van der Waals surface area (Å²) in [7, 11) is 0. The molecule has 1 aliphatic rings. The van der Waals surface area contributed by atoms with Gasteiger partial charge in [-0.1, -0.05) is 0 Å². The maximum atomic E-state index is 12.6. The Morgan fingerprint density at radius 1 is 1.24 bits per heavy atom. The number of aryl methyl sites for hydroxylation is 2. The molecule has 1 saturated heterocycles. The number of nitrogens with zero attached hydrogens (tertiary/aromatic N) is 5. The van der Waals surface area contributed by atoms with Crippen molar-refractivity contribution >= 4 is 5.95 Å². The molecule has 8 heteroatoms. The predicted molar refractivity (Wildman–Crippen MR) is 70.0 cm³/mol. The van der Waals surface area contributed by atoms with Gasteiger partial charge in [0.2, 0.25) is 5.95 Å². The van der Waals surface area contributed by atoms with Crippen LogP contribution in [-0.2, 0) is 6.18 Å². The zero-order chi connectivity index (χ0) is 15.2. The second-order valence-corrected chi connectivity index (χ2v) is 5.17. The van der Waals surface area contributed by atoms with Crippen molar-refractivity contribution in [1.29, 1.82) is 0 Å². The predicted octanol–water partition coefficient (Wildman–Crippen LogP) is 2.37. The van der Waals surface area contributed by atoms with Crippen LogP contribution in [0.25, 0.3) is 0 Å². The van der Waals surface area contributed by atoms with E-state index < -0.39 is 11.9 Å². The molecule has 0 spiro atoms. The van der Waals surface area contributed by atoms with Gasteiger partial charge in [0, 0.05) is 25.0 Å². The van der Waals surface area contributed by atoms with Crippen LogP contribution in [0.2, 0.25) is 0 Å². The third-order valence-corrected chi connectivity index (χ3v) is 3.47. The molecule has 0 radical (unpaired) electrons. The van der Waals surface area contributed by atoms with Crippen molar-refractivity contribution in [2.45, 2.75) is 26.1 Å². The highest BCUT2D eigenvalue weighted by atomic mass is 19.4. The zero-order valence-electron chi connectivity index (χ0n) is 11.6. The normalized spacial score (nSPS) is 16.1. The van der Waals surface area contributed by atoms with Gasteiger partial charge in [0.25, 0.3) is 0 Å². The minimum Gasteiger partial charge on any atom is -0.336 e. The van der Waals surface area contributed by atoms with E-state index in [1.54, 1.807) is 4.90 Å². The van der Waals surface area contributed by atoms with Crippen LogP contribution in [0.15, 0.2) is 18.3 Å². The second-order valence-electron chi connectivity index (χ2n) is 5.17. The lowest BCUT2D eigenvalue weighted by atomic mass is 10.1. The molecular formula is C13H14F3N5. The summed E-state index contributed by atoms with van der Waals surface area (Å²) in [4.78, 5) is 9.22. The maximum absolute atomic E-state index is 12.6. The zero-order valence-corrected chi connectivity index (χ0v) is 11.6. The Labute approximate surface area is 119 Å². The van der Waals surface area contributed by atoms with Crippen molar-refractivity contribution < 1.29 is 13.2 Å². The Kier molecular flexibility index (Phi) is 3.11. The number of rotatable bonds is 2. The Morgan fingerprint density at radius 2 is 1.95 bits per heavy atom. The van der Waals surface area contributed by atoms with Crippen molar-refractivity contribution in [1.82, 2.24) is 19.7 Å². The van der Waals surface area contributed by atoms with E-state index in [0.29, 0.717) is 13.1 Å². The van der Waals surface area contributed by atoms with Crippen LogP contribution < -0.4 is 4.90 Å². The summed E-state index contributed by atoms with van der Waals surface area (Å²) in [6.07, 6.45) is -3.31. The summed E-state index contributed by atoms with van der Waals surface area (Å²) in [6, 6.07) is 3.00. The first-order chi connectivity index (χ1) is 9.84. The fourth-order valence-electron chi connectivity index (χ4n) is 2.45. The number of anilines is 1. The Hall–Kier alpha value is -2.12. The quantitative estimate of drug-likeness (QED) is 0.854. The first-order valence-electron chi connectivity index (χ1n) is 6.52. The van der Waals surface area contributed by atoms with Gasteiger partial charge < -0.3 is 4.90 Å². The molecule has 0 aromatic carbocycles. The number of hydrogen-bond donors (Lipinski definition) is 0. The first kappa shape index (κ1) is 13.8. The molecule has 2 aromatic rings. The van der Waals surface area contributed by atoms with E-state index >= 15 is 0 Å². The molecule has 0 amide bonds. The van der Waals surface area contributed by atoms with Gasteiger partial charge in [0.1, 0.15) is 5.69 Å². The minimum absolute atomic E-state index is 0.114. The van der Waals surface area contributed by atoms with E-state index in [4.69, 9.17) is 0 Å². The summed E-state index contributed by atoms with van der Waals surface area (Å²) in [6.45, 7) is 4.99. The largest absolute Gasteiger partial charge is 0.433 e. The van der Waals surface area contributed by atoms with Gasteiger partial charge in [0.05, 0.1) is 11.7 Å². The van der Waals surface area contributed by atoms with Gasteiger partial charge >= 0.3 is 6.18 Å².